The Kier molecular flexibility index (Phi) is 3.35. The number of fused-ring (bicyclic) bond motifs is 1. The van der Waals surface area contributed by atoms with E-state index in [0.717, 1.165) is 0 Å². The van der Waals surface area contributed by atoms with Gasteiger partial charge < -0.3 is 0 Å². The molecule has 0 N–H and O–H groups in total. The molecule has 1 aliphatic carbocycles. The molecule has 0 fully saturated rings. The van der Waals surface area contributed by atoms with Crippen molar-refractivity contribution in [2.75, 3.05) is 0 Å². The van der Waals surface area contributed by atoms with Gasteiger partial charge in [0.05, 0.1) is 10.5 Å². The van der Waals surface area contributed by atoms with Crippen LogP contribution in [0.3, 0.4) is 0 Å². The highest BCUT2D eigenvalue weighted by Gasteiger charge is 2.38. The average Bonchev–Trinajstić information content (AvgIpc) is 2.74. The van der Waals surface area contributed by atoms with E-state index in [1.165, 1.54) is 24.3 Å². The second-order valence-electron chi connectivity index (χ2n) is 4.72. The highest BCUT2D eigenvalue weighted by molar-refractivity contribution is 6.42. The average molecular weight is 314 g/mol. The first-order valence-corrected chi connectivity index (χ1v) is 6.71. The van der Waals surface area contributed by atoms with Crippen LogP contribution in [0.4, 0.5) is 5.69 Å². The van der Waals surface area contributed by atoms with Gasteiger partial charge in [-0.25, -0.2) is 0 Å². The van der Waals surface area contributed by atoms with Crippen molar-refractivity contribution >= 4 is 34.9 Å². The zero-order chi connectivity index (χ0) is 15.9. The summed E-state index contributed by atoms with van der Waals surface area (Å²) in [6.07, 6.45) is 1.42. The number of rotatable bonds is 2. The third-order valence-electron chi connectivity index (χ3n) is 3.38. The molecule has 0 spiro atoms. The van der Waals surface area contributed by atoms with Crippen LogP contribution in [0.15, 0.2) is 48.0 Å². The Balaban J connectivity index is 2.13. The number of ketones is 2. The zero-order valence-corrected chi connectivity index (χ0v) is 11.8. The van der Waals surface area contributed by atoms with E-state index in [2.05, 4.69) is 0 Å². The van der Waals surface area contributed by atoms with Gasteiger partial charge in [0.15, 0.2) is 5.78 Å². The Labute approximate surface area is 130 Å². The lowest BCUT2D eigenvalue weighted by Crippen LogP contribution is -2.01. The molecule has 22 heavy (non-hydrogen) atoms. The summed E-state index contributed by atoms with van der Waals surface area (Å²) in [6, 6.07) is 10.6. The number of hydrogen-bond donors (Lipinski definition) is 0. The zero-order valence-electron chi connectivity index (χ0n) is 11.1. The van der Waals surface area contributed by atoms with Crippen LogP contribution in [0.2, 0.25) is 5.02 Å². The minimum absolute atomic E-state index is 0.0689. The second-order valence-corrected chi connectivity index (χ2v) is 5.16. The summed E-state index contributed by atoms with van der Waals surface area (Å²) < 4.78 is 0. The molecule has 0 atom stereocenters. The quantitative estimate of drug-likeness (QED) is 0.366. The number of halogens is 1. The van der Waals surface area contributed by atoms with Gasteiger partial charge in [0, 0.05) is 16.7 Å². The summed E-state index contributed by atoms with van der Waals surface area (Å²) in [6.45, 7) is 0. The fraction of sp³-hybridized carbons (Fsp3) is 0. The van der Waals surface area contributed by atoms with Crippen LogP contribution in [0.1, 0.15) is 26.3 Å². The first-order valence-electron chi connectivity index (χ1n) is 6.33. The normalized spacial score (nSPS) is 15.2. The van der Waals surface area contributed by atoms with Crippen LogP contribution < -0.4 is 0 Å². The molecule has 0 amide bonds. The van der Waals surface area contributed by atoms with E-state index in [9.17, 15) is 19.7 Å². The Morgan fingerprint density at radius 3 is 2.32 bits per heavy atom. The Morgan fingerprint density at radius 2 is 1.68 bits per heavy atom. The van der Waals surface area contributed by atoms with Gasteiger partial charge >= 0.3 is 0 Å². The standard InChI is InChI=1S/C16H8ClNO4/c17-10-6-4-9(5-7-10)8-12-15(19)11-2-1-3-13(18(21)22)14(11)16(12)20/h1-8H/b12-8-. The Bertz CT molecular complexity index is 853. The van der Waals surface area contributed by atoms with Crippen molar-refractivity contribution in [2.24, 2.45) is 0 Å². The molecular weight excluding hydrogens is 306 g/mol. The molecule has 6 heteroatoms. The van der Waals surface area contributed by atoms with Crippen molar-refractivity contribution in [3.8, 4) is 0 Å². The van der Waals surface area contributed by atoms with Gasteiger partial charge in [0.1, 0.15) is 5.56 Å². The number of allylic oxidation sites excluding steroid dienone is 1. The van der Waals surface area contributed by atoms with Crippen molar-refractivity contribution < 1.29 is 14.5 Å². The van der Waals surface area contributed by atoms with E-state index < -0.39 is 16.5 Å². The van der Waals surface area contributed by atoms with E-state index in [1.807, 2.05) is 0 Å². The van der Waals surface area contributed by atoms with Crippen LogP contribution in [-0.2, 0) is 0 Å². The molecule has 108 valence electrons. The van der Waals surface area contributed by atoms with Crippen molar-refractivity contribution in [3.05, 3.63) is 79.9 Å². The topological polar surface area (TPSA) is 77.3 Å². The smallest absolute Gasteiger partial charge is 0.281 e. The van der Waals surface area contributed by atoms with Gasteiger partial charge in [-0.3, -0.25) is 19.7 Å². The molecule has 2 aromatic carbocycles. The molecule has 2 aromatic rings. The molecule has 0 saturated carbocycles. The number of nitro benzene ring substituents is 1. The first-order chi connectivity index (χ1) is 10.5. The number of Topliss-reactive ketones (excluding diaryl/α,β-unsaturated/α-hetero) is 2. The van der Waals surface area contributed by atoms with Crippen LogP contribution in [0.25, 0.3) is 6.08 Å². The predicted octanol–water partition coefficient (Wildman–Crippen LogP) is 3.71. The number of nitrogens with zero attached hydrogens (tertiary/aromatic N) is 1. The van der Waals surface area contributed by atoms with Crippen molar-refractivity contribution in [3.63, 3.8) is 0 Å². The maximum atomic E-state index is 12.4. The number of nitro groups is 1. The number of carbonyl (C=O) groups excluding carboxylic acids is 2. The number of carbonyl (C=O) groups is 2. The lowest BCUT2D eigenvalue weighted by molar-refractivity contribution is -0.385. The summed E-state index contributed by atoms with van der Waals surface area (Å²) >= 11 is 5.78. The third kappa shape index (κ3) is 2.21. The highest BCUT2D eigenvalue weighted by atomic mass is 35.5. The predicted molar refractivity (Wildman–Crippen MR) is 81.2 cm³/mol. The van der Waals surface area contributed by atoms with Gasteiger partial charge in [-0.15, -0.1) is 0 Å². The van der Waals surface area contributed by atoms with E-state index in [0.29, 0.717) is 10.6 Å². The monoisotopic (exact) mass is 313 g/mol. The van der Waals surface area contributed by atoms with Gasteiger partial charge in [0.25, 0.3) is 5.69 Å². The van der Waals surface area contributed by atoms with Gasteiger partial charge in [0.2, 0.25) is 5.78 Å². The molecule has 0 radical (unpaired) electrons. The number of hydrogen-bond acceptors (Lipinski definition) is 4. The van der Waals surface area contributed by atoms with E-state index in [1.54, 1.807) is 24.3 Å². The Morgan fingerprint density at radius 1 is 1.00 bits per heavy atom. The highest BCUT2D eigenvalue weighted by Crippen LogP contribution is 2.34. The Hall–Kier alpha value is -2.79. The summed E-state index contributed by atoms with van der Waals surface area (Å²) in [5, 5.41) is 11.6. The fourth-order valence-electron chi connectivity index (χ4n) is 2.36. The molecule has 5 nitrogen and oxygen atoms in total. The molecule has 0 aromatic heterocycles. The largest absolute Gasteiger partial charge is 0.288 e. The van der Waals surface area contributed by atoms with Gasteiger partial charge in [-0.2, -0.15) is 0 Å². The summed E-state index contributed by atoms with van der Waals surface area (Å²) in [4.78, 5) is 35.1. The molecule has 0 bridgehead atoms. The van der Waals surface area contributed by atoms with Gasteiger partial charge in [-0.05, 0) is 29.8 Å². The summed E-state index contributed by atoms with van der Waals surface area (Å²) in [7, 11) is 0. The summed E-state index contributed by atoms with van der Waals surface area (Å²) in [5.41, 5.74) is 0.121. The molecule has 0 unspecified atom stereocenters. The van der Waals surface area contributed by atoms with Crippen molar-refractivity contribution in [2.45, 2.75) is 0 Å². The molecular formula is C16H8ClNO4. The van der Waals surface area contributed by atoms with E-state index in [-0.39, 0.29) is 22.4 Å². The van der Waals surface area contributed by atoms with Crippen LogP contribution >= 0.6 is 11.6 Å². The van der Waals surface area contributed by atoms with Crippen LogP contribution in [0, 0.1) is 10.1 Å². The minimum atomic E-state index is -0.657. The maximum absolute atomic E-state index is 12.4. The van der Waals surface area contributed by atoms with Crippen LogP contribution in [0.5, 0.6) is 0 Å². The fourth-order valence-corrected chi connectivity index (χ4v) is 2.49. The number of benzene rings is 2. The minimum Gasteiger partial charge on any atom is -0.288 e. The molecule has 1 aliphatic rings. The maximum Gasteiger partial charge on any atom is 0.281 e. The molecule has 0 aliphatic heterocycles. The summed E-state index contributed by atoms with van der Waals surface area (Å²) in [5.74, 6) is -1.12. The van der Waals surface area contributed by atoms with Crippen LogP contribution in [-0.4, -0.2) is 16.5 Å². The van der Waals surface area contributed by atoms with Gasteiger partial charge in [-0.1, -0.05) is 29.8 Å². The first kappa shape index (κ1) is 14.2. The second kappa shape index (κ2) is 5.20. The molecule has 3 rings (SSSR count). The molecule has 0 saturated heterocycles. The lowest BCUT2D eigenvalue weighted by Gasteiger charge is -1.97. The van der Waals surface area contributed by atoms with E-state index >= 15 is 0 Å². The molecule has 0 heterocycles. The van der Waals surface area contributed by atoms with E-state index in [4.69, 9.17) is 11.6 Å². The lowest BCUT2D eigenvalue weighted by atomic mass is 10.1. The van der Waals surface area contributed by atoms with Crippen molar-refractivity contribution in [1.29, 1.82) is 0 Å². The third-order valence-corrected chi connectivity index (χ3v) is 3.63. The van der Waals surface area contributed by atoms with Crippen molar-refractivity contribution in [1.82, 2.24) is 0 Å². The SMILES string of the molecule is O=C1/C(=C/c2ccc(Cl)cc2)C(=O)c2c1cccc2[N+](=O)[O-].